The van der Waals surface area contributed by atoms with Crippen molar-refractivity contribution in [2.45, 2.75) is 39.1 Å². The van der Waals surface area contributed by atoms with Crippen LogP contribution in [0.4, 0.5) is 0 Å². The number of aromatic nitrogens is 1. The number of nitrogens with zero attached hydrogens (tertiary/aromatic N) is 2. The number of β-amino-alcohol motifs (C(OH)–C–C–N with tert-alkyl or cyclic N) is 1. The van der Waals surface area contributed by atoms with Crippen molar-refractivity contribution in [3.8, 4) is 5.75 Å². The van der Waals surface area contributed by atoms with Crippen LogP contribution < -0.4 is 10.1 Å². The van der Waals surface area contributed by atoms with Gasteiger partial charge in [0.05, 0.1) is 12.2 Å². The van der Waals surface area contributed by atoms with Crippen LogP contribution in [-0.4, -0.2) is 41.0 Å². The van der Waals surface area contributed by atoms with E-state index in [1.54, 1.807) is 0 Å². The van der Waals surface area contributed by atoms with E-state index in [4.69, 9.17) is 9.26 Å². The Kier molecular flexibility index (Phi) is 6.79. The molecule has 1 aromatic heterocycles. The Bertz CT molecular complexity index is 956. The van der Waals surface area contributed by atoms with Gasteiger partial charge in [0.25, 0.3) is 0 Å². The van der Waals surface area contributed by atoms with Gasteiger partial charge in [-0.15, -0.1) is 0 Å². The molecule has 0 saturated heterocycles. The van der Waals surface area contributed by atoms with Gasteiger partial charge in [0.1, 0.15) is 18.5 Å². The van der Waals surface area contributed by atoms with Crippen LogP contribution in [0.5, 0.6) is 5.75 Å². The lowest BCUT2D eigenvalue weighted by Crippen LogP contribution is -2.38. The van der Waals surface area contributed by atoms with E-state index >= 15 is 0 Å². The van der Waals surface area contributed by atoms with E-state index in [0.717, 1.165) is 42.3 Å². The molecule has 4 rings (SSSR count). The van der Waals surface area contributed by atoms with Gasteiger partial charge in [0.15, 0.2) is 5.76 Å². The molecule has 2 aromatic carbocycles. The Balaban J connectivity index is 1.21. The molecular formula is C24H29N3O3. The molecule has 0 fully saturated rings. The maximum atomic E-state index is 10.5. The van der Waals surface area contributed by atoms with Crippen LogP contribution in [0.15, 0.2) is 59.1 Å². The molecule has 0 bridgehead atoms. The highest BCUT2D eigenvalue weighted by molar-refractivity contribution is 5.29. The van der Waals surface area contributed by atoms with Gasteiger partial charge in [-0.2, -0.15) is 0 Å². The van der Waals surface area contributed by atoms with E-state index in [1.807, 2.05) is 37.3 Å². The smallest absolute Gasteiger partial charge is 0.150 e. The van der Waals surface area contributed by atoms with E-state index < -0.39 is 6.10 Å². The second-order valence-corrected chi connectivity index (χ2v) is 7.90. The van der Waals surface area contributed by atoms with Crippen LogP contribution in [0.2, 0.25) is 0 Å². The summed E-state index contributed by atoms with van der Waals surface area (Å²) in [6.07, 6.45) is 0.513. The Morgan fingerprint density at radius 3 is 2.83 bits per heavy atom. The van der Waals surface area contributed by atoms with E-state index in [0.29, 0.717) is 19.6 Å². The summed E-state index contributed by atoms with van der Waals surface area (Å²) in [5.41, 5.74) is 4.78. The summed E-state index contributed by atoms with van der Waals surface area (Å²) >= 11 is 0. The Labute approximate surface area is 177 Å². The summed E-state index contributed by atoms with van der Waals surface area (Å²) in [6.45, 7) is 6.00. The lowest BCUT2D eigenvalue weighted by molar-refractivity contribution is 0.0637. The molecule has 30 heavy (non-hydrogen) atoms. The molecule has 2 heterocycles. The lowest BCUT2D eigenvalue weighted by atomic mass is 10.00. The van der Waals surface area contributed by atoms with Crippen molar-refractivity contribution in [1.29, 1.82) is 0 Å². The van der Waals surface area contributed by atoms with Gasteiger partial charge in [-0.25, -0.2) is 0 Å². The predicted molar refractivity (Wildman–Crippen MR) is 115 cm³/mol. The van der Waals surface area contributed by atoms with Gasteiger partial charge in [-0.1, -0.05) is 41.6 Å². The summed E-state index contributed by atoms with van der Waals surface area (Å²) < 4.78 is 11.1. The standard InChI is InChI=1S/C24H29N3O3/c1-18-11-24(30-26-18)14-25-13-19-5-4-8-23(12-19)29-17-22(28)16-27-10-9-20-6-2-3-7-21(20)15-27/h2-8,11-12,22,25,28H,9-10,13-17H2,1H3. The first-order chi connectivity index (χ1) is 14.7. The van der Waals surface area contributed by atoms with Crippen molar-refractivity contribution in [3.05, 3.63) is 82.7 Å². The number of hydrogen-bond acceptors (Lipinski definition) is 6. The van der Waals surface area contributed by atoms with Crippen molar-refractivity contribution >= 4 is 0 Å². The third kappa shape index (κ3) is 5.69. The molecule has 1 unspecified atom stereocenters. The maximum Gasteiger partial charge on any atom is 0.150 e. The minimum atomic E-state index is -0.522. The van der Waals surface area contributed by atoms with Gasteiger partial charge in [-0.05, 0) is 42.2 Å². The fourth-order valence-electron chi connectivity index (χ4n) is 3.83. The first-order valence-electron chi connectivity index (χ1n) is 10.5. The molecule has 0 aliphatic carbocycles. The molecular weight excluding hydrogens is 378 g/mol. The third-order valence-electron chi connectivity index (χ3n) is 5.32. The van der Waals surface area contributed by atoms with Crippen LogP contribution in [0, 0.1) is 6.92 Å². The second kappa shape index (κ2) is 9.89. The minimum absolute atomic E-state index is 0.284. The highest BCUT2D eigenvalue weighted by Crippen LogP contribution is 2.19. The summed E-state index contributed by atoms with van der Waals surface area (Å²) in [6, 6.07) is 18.4. The molecule has 6 heteroatoms. The molecule has 0 saturated carbocycles. The van der Waals surface area contributed by atoms with Crippen molar-refractivity contribution in [3.63, 3.8) is 0 Å². The predicted octanol–water partition coefficient (Wildman–Crippen LogP) is 3.07. The Hall–Kier alpha value is -2.67. The van der Waals surface area contributed by atoms with E-state index in [2.05, 4.69) is 39.6 Å². The van der Waals surface area contributed by atoms with Crippen molar-refractivity contribution in [2.24, 2.45) is 0 Å². The number of hydrogen-bond donors (Lipinski definition) is 2. The number of aliphatic hydroxyl groups is 1. The Morgan fingerprint density at radius 2 is 2.00 bits per heavy atom. The van der Waals surface area contributed by atoms with Crippen LogP contribution in [0.25, 0.3) is 0 Å². The molecule has 3 aromatic rings. The monoisotopic (exact) mass is 407 g/mol. The van der Waals surface area contributed by atoms with Gasteiger partial charge >= 0.3 is 0 Å². The maximum absolute atomic E-state index is 10.5. The topological polar surface area (TPSA) is 70.8 Å². The van der Waals surface area contributed by atoms with E-state index in [1.165, 1.54) is 11.1 Å². The number of rotatable bonds is 9. The first-order valence-corrected chi connectivity index (χ1v) is 10.5. The quantitative estimate of drug-likeness (QED) is 0.568. The molecule has 1 aliphatic heterocycles. The number of benzene rings is 2. The van der Waals surface area contributed by atoms with Crippen molar-refractivity contribution in [1.82, 2.24) is 15.4 Å². The summed E-state index contributed by atoms with van der Waals surface area (Å²) in [7, 11) is 0. The number of aliphatic hydroxyl groups excluding tert-OH is 1. The third-order valence-corrected chi connectivity index (χ3v) is 5.32. The van der Waals surface area contributed by atoms with Crippen LogP contribution in [-0.2, 0) is 26.1 Å². The summed E-state index contributed by atoms with van der Waals surface area (Å²) in [5.74, 6) is 1.59. The number of aryl methyl sites for hydroxylation is 1. The van der Waals surface area contributed by atoms with Crippen LogP contribution in [0.1, 0.15) is 28.1 Å². The molecule has 1 aliphatic rings. The fourth-order valence-corrected chi connectivity index (χ4v) is 3.83. The molecule has 0 amide bonds. The van der Waals surface area contributed by atoms with Crippen LogP contribution in [0.3, 0.4) is 0 Å². The zero-order valence-electron chi connectivity index (χ0n) is 17.4. The average molecular weight is 408 g/mol. The molecule has 0 spiro atoms. The SMILES string of the molecule is Cc1cc(CNCc2cccc(OCC(O)CN3CCc4ccccc4C3)c2)on1. The molecule has 1 atom stereocenters. The fraction of sp³-hybridized carbons (Fsp3) is 0.375. The van der Waals surface area contributed by atoms with Crippen molar-refractivity contribution in [2.75, 3.05) is 19.7 Å². The van der Waals surface area contributed by atoms with Gasteiger partial charge < -0.3 is 19.7 Å². The van der Waals surface area contributed by atoms with E-state index in [-0.39, 0.29) is 6.61 Å². The molecule has 6 nitrogen and oxygen atoms in total. The number of fused-ring (bicyclic) bond motifs is 1. The Morgan fingerprint density at radius 1 is 1.13 bits per heavy atom. The van der Waals surface area contributed by atoms with Gasteiger partial charge in [0.2, 0.25) is 0 Å². The first kappa shape index (κ1) is 20.6. The zero-order valence-corrected chi connectivity index (χ0v) is 17.4. The van der Waals surface area contributed by atoms with Gasteiger partial charge in [0, 0.05) is 32.2 Å². The minimum Gasteiger partial charge on any atom is -0.491 e. The second-order valence-electron chi connectivity index (χ2n) is 7.90. The molecule has 158 valence electrons. The van der Waals surface area contributed by atoms with Crippen molar-refractivity contribution < 1.29 is 14.4 Å². The number of ether oxygens (including phenoxy) is 1. The number of nitrogens with one attached hydrogen (secondary N) is 1. The highest BCUT2D eigenvalue weighted by atomic mass is 16.5. The molecule has 0 radical (unpaired) electrons. The lowest BCUT2D eigenvalue weighted by Gasteiger charge is -2.30. The normalized spacial score (nSPS) is 15.0. The summed E-state index contributed by atoms with van der Waals surface area (Å²) in [4.78, 5) is 2.29. The van der Waals surface area contributed by atoms with E-state index in [9.17, 15) is 5.11 Å². The van der Waals surface area contributed by atoms with Gasteiger partial charge in [-0.3, -0.25) is 4.90 Å². The summed E-state index contributed by atoms with van der Waals surface area (Å²) in [5, 5.41) is 17.7. The molecule has 2 N–H and O–H groups in total. The average Bonchev–Trinajstić information content (AvgIpc) is 3.17. The zero-order chi connectivity index (χ0) is 20.8. The largest absolute Gasteiger partial charge is 0.491 e. The van der Waals surface area contributed by atoms with Crippen LogP contribution >= 0.6 is 0 Å². The highest BCUT2D eigenvalue weighted by Gasteiger charge is 2.18.